The molecule has 3 rings (SSSR count). The minimum atomic E-state index is -4.55. The highest BCUT2D eigenvalue weighted by molar-refractivity contribution is 7.99. The van der Waals surface area contributed by atoms with Crippen LogP contribution in [0.4, 0.5) is 18.9 Å². The molecular formula is C19H13ClF3N3O4S2. The van der Waals surface area contributed by atoms with Crippen molar-refractivity contribution in [3.63, 3.8) is 0 Å². The summed E-state index contributed by atoms with van der Waals surface area (Å²) in [4.78, 5) is 29.7. The summed E-state index contributed by atoms with van der Waals surface area (Å²) in [5.41, 5.74) is -1.90. The predicted octanol–water partition coefficient (Wildman–Crippen LogP) is 4.01. The molecule has 0 atom stereocenters. The number of thioether (sulfide) groups is 1. The lowest BCUT2D eigenvalue weighted by molar-refractivity contribution is -0.137. The average molecular weight is 504 g/mol. The van der Waals surface area contributed by atoms with Gasteiger partial charge in [-0.15, -0.1) is 0 Å². The molecule has 13 heteroatoms. The summed E-state index contributed by atoms with van der Waals surface area (Å²) in [7, 11) is -4.17. The molecule has 3 aromatic rings. The maximum Gasteiger partial charge on any atom is 0.416 e. The second-order valence-electron chi connectivity index (χ2n) is 6.26. The van der Waals surface area contributed by atoms with Gasteiger partial charge in [-0.1, -0.05) is 35.5 Å². The molecule has 0 spiro atoms. The molecule has 32 heavy (non-hydrogen) atoms. The van der Waals surface area contributed by atoms with Crippen molar-refractivity contribution in [1.29, 1.82) is 0 Å². The molecule has 0 saturated heterocycles. The lowest BCUT2D eigenvalue weighted by Crippen LogP contribution is -2.20. The third-order valence-corrected chi connectivity index (χ3v) is 6.82. The summed E-state index contributed by atoms with van der Waals surface area (Å²) in [6.07, 6.45) is -3.69. The highest BCUT2D eigenvalue weighted by Crippen LogP contribution is 2.30. The average Bonchev–Trinajstić information content (AvgIpc) is 2.72. The zero-order valence-electron chi connectivity index (χ0n) is 15.8. The number of alkyl halides is 3. The molecule has 0 saturated carbocycles. The number of sulfone groups is 1. The maximum atomic E-state index is 12.7. The van der Waals surface area contributed by atoms with Crippen molar-refractivity contribution in [2.75, 3.05) is 11.1 Å². The number of hydrogen-bond donors (Lipinski definition) is 2. The number of carbonyl (C=O) groups excluding carboxylic acids is 1. The van der Waals surface area contributed by atoms with Gasteiger partial charge in [-0.2, -0.15) is 13.2 Å². The second kappa shape index (κ2) is 9.35. The molecule has 0 radical (unpaired) electrons. The summed E-state index contributed by atoms with van der Waals surface area (Å²) in [6, 6.07) is 9.49. The fraction of sp³-hybridized carbons (Fsp3) is 0.105. The van der Waals surface area contributed by atoms with Crippen LogP contribution in [0, 0.1) is 0 Å². The van der Waals surface area contributed by atoms with E-state index in [9.17, 15) is 31.2 Å². The van der Waals surface area contributed by atoms with Crippen LogP contribution in [0.25, 0.3) is 0 Å². The van der Waals surface area contributed by atoms with Crippen LogP contribution in [0.5, 0.6) is 0 Å². The second-order valence-corrected chi connectivity index (χ2v) is 9.58. The van der Waals surface area contributed by atoms with Gasteiger partial charge in [0.25, 0.3) is 5.56 Å². The molecule has 2 aromatic carbocycles. The summed E-state index contributed by atoms with van der Waals surface area (Å²) < 4.78 is 63.5. The van der Waals surface area contributed by atoms with Crippen LogP contribution in [-0.4, -0.2) is 30.0 Å². The normalized spacial score (nSPS) is 11.9. The molecule has 0 aliphatic rings. The van der Waals surface area contributed by atoms with Crippen LogP contribution in [0.15, 0.2) is 74.5 Å². The summed E-state index contributed by atoms with van der Waals surface area (Å²) in [5, 5.41) is 2.45. The Labute approximate surface area is 189 Å². The Kier molecular flexibility index (Phi) is 6.96. The van der Waals surface area contributed by atoms with Gasteiger partial charge in [-0.25, -0.2) is 13.4 Å². The molecule has 0 unspecified atom stereocenters. The van der Waals surface area contributed by atoms with Gasteiger partial charge in [0.2, 0.25) is 15.7 Å². The smallest absolute Gasteiger partial charge is 0.325 e. The molecule has 0 aliphatic carbocycles. The molecule has 7 nitrogen and oxygen atoms in total. The van der Waals surface area contributed by atoms with E-state index in [2.05, 4.69) is 15.3 Å². The molecule has 1 heterocycles. The lowest BCUT2D eigenvalue weighted by atomic mass is 10.2. The molecular weight excluding hydrogens is 491 g/mol. The molecule has 0 bridgehead atoms. The highest BCUT2D eigenvalue weighted by atomic mass is 35.5. The Hall–Kier alpha value is -2.83. The number of amides is 1. The first kappa shape index (κ1) is 23.8. The SMILES string of the molecule is O=C(CSc1ncc(S(=O)(=O)c2cccc(Cl)c2)c(=O)[nH]1)Nc1cccc(C(F)(F)F)c1. The number of H-pyrrole nitrogens is 1. The third kappa shape index (κ3) is 5.69. The number of hydrogen-bond acceptors (Lipinski definition) is 6. The van der Waals surface area contributed by atoms with E-state index in [1.165, 1.54) is 30.3 Å². The number of rotatable bonds is 6. The first-order valence-corrected chi connectivity index (χ1v) is 11.5. The van der Waals surface area contributed by atoms with Crippen molar-refractivity contribution >= 4 is 44.8 Å². The van der Waals surface area contributed by atoms with Gasteiger partial charge in [0.15, 0.2) is 10.1 Å². The Morgan fingerprint density at radius 1 is 1.16 bits per heavy atom. The van der Waals surface area contributed by atoms with E-state index in [0.29, 0.717) is 0 Å². The first-order chi connectivity index (χ1) is 15.0. The standard InChI is InChI=1S/C19H13ClF3N3O4S2/c20-12-4-2-6-14(8-12)32(29,30)15-9-24-18(26-17(15)28)31-10-16(27)25-13-5-1-3-11(7-13)19(21,22)23/h1-9H,10H2,(H,25,27)(H,24,26,28). The van der Waals surface area contributed by atoms with Gasteiger partial charge >= 0.3 is 6.18 Å². The number of nitrogens with one attached hydrogen (secondary N) is 2. The van der Waals surface area contributed by atoms with Crippen LogP contribution in [0.1, 0.15) is 5.56 Å². The largest absolute Gasteiger partial charge is 0.416 e. The Bertz CT molecular complexity index is 1330. The Morgan fingerprint density at radius 2 is 1.88 bits per heavy atom. The Morgan fingerprint density at radius 3 is 2.53 bits per heavy atom. The third-order valence-electron chi connectivity index (χ3n) is 3.95. The van der Waals surface area contributed by atoms with Crippen molar-refractivity contribution in [1.82, 2.24) is 9.97 Å². The zero-order valence-corrected chi connectivity index (χ0v) is 18.2. The molecule has 0 fully saturated rings. The number of aromatic amines is 1. The number of carbonyl (C=O) groups is 1. The fourth-order valence-corrected chi connectivity index (χ4v) is 4.66. The topological polar surface area (TPSA) is 109 Å². The maximum absolute atomic E-state index is 12.7. The van der Waals surface area contributed by atoms with Crippen LogP contribution in [0.3, 0.4) is 0 Å². The number of halogens is 4. The minimum Gasteiger partial charge on any atom is -0.325 e. The van der Waals surface area contributed by atoms with Crippen LogP contribution >= 0.6 is 23.4 Å². The number of nitrogens with zero attached hydrogens (tertiary/aromatic N) is 1. The van der Waals surface area contributed by atoms with Gasteiger partial charge in [-0.05, 0) is 36.4 Å². The van der Waals surface area contributed by atoms with Gasteiger partial charge < -0.3 is 10.3 Å². The monoisotopic (exact) mass is 503 g/mol. The summed E-state index contributed by atoms with van der Waals surface area (Å²) in [6.45, 7) is 0. The van der Waals surface area contributed by atoms with Crippen molar-refractivity contribution in [2.45, 2.75) is 21.1 Å². The van der Waals surface area contributed by atoms with Crippen molar-refractivity contribution in [3.8, 4) is 0 Å². The predicted molar refractivity (Wildman–Crippen MR) is 113 cm³/mol. The quantitative estimate of drug-likeness (QED) is 0.388. The van der Waals surface area contributed by atoms with E-state index in [4.69, 9.17) is 11.6 Å². The highest BCUT2D eigenvalue weighted by Gasteiger charge is 2.30. The van der Waals surface area contributed by atoms with E-state index >= 15 is 0 Å². The van der Waals surface area contributed by atoms with Gasteiger partial charge in [0, 0.05) is 10.7 Å². The van der Waals surface area contributed by atoms with Crippen molar-refractivity contribution in [2.24, 2.45) is 0 Å². The van der Waals surface area contributed by atoms with Crippen LogP contribution in [0.2, 0.25) is 5.02 Å². The van der Waals surface area contributed by atoms with Crippen LogP contribution < -0.4 is 10.9 Å². The van der Waals surface area contributed by atoms with Gasteiger partial charge in [0.1, 0.15) is 0 Å². The number of aromatic nitrogens is 2. The number of benzene rings is 2. The Balaban J connectivity index is 1.69. The summed E-state index contributed by atoms with van der Waals surface area (Å²) in [5.74, 6) is -0.938. The number of anilines is 1. The van der Waals surface area contributed by atoms with E-state index < -0.39 is 37.9 Å². The van der Waals surface area contributed by atoms with Crippen LogP contribution in [-0.2, 0) is 20.8 Å². The minimum absolute atomic E-state index is 0.0424. The zero-order chi connectivity index (χ0) is 23.5. The van der Waals surface area contributed by atoms with E-state index in [1.807, 2.05) is 0 Å². The fourth-order valence-electron chi connectivity index (χ4n) is 2.50. The van der Waals surface area contributed by atoms with E-state index in [1.54, 1.807) is 0 Å². The summed E-state index contributed by atoms with van der Waals surface area (Å²) >= 11 is 6.57. The van der Waals surface area contributed by atoms with E-state index in [-0.39, 0.29) is 26.5 Å². The van der Waals surface area contributed by atoms with Gasteiger partial charge in [-0.3, -0.25) is 9.59 Å². The molecule has 0 aliphatic heterocycles. The molecule has 1 amide bonds. The van der Waals surface area contributed by atoms with Crippen molar-refractivity contribution in [3.05, 3.63) is 75.7 Å². The van der Waals surface area contributed by atoms with E-state index in [0.717, 1.165) is 36.2 Å². The lowest BCUT2D eigenvalue weighted by Gasteiger charge is -2.09. The molecule has 168 valence electrons. The van der Waals surface area contributed by atoms with Gasteiger partial charge in [0.05, 0.1) is 22.4 Å². The first-order valence-electron chi connectivity index (χ1n) is 8.67. The van der Waals surface area contributed by atoms with Crippen molar-refractivity contribution < 1.29 is 26.4 Å². The molecule has 2 N–H and O–H groups in total. The molecule has 1 aromatic heterocycles.